The predicted molar refractivity (Wildman–Crippen MR) is 85.3 cm³/mol. The molecule has 1 saturated heterocycles. The number of carbonyl (C=O) groups excluding carboxylic acids is 1. The van der Waals surface area contributed by atoms with Gasteiger partial charge in [0.1, 0.15) is 0 Å². The monoisotopic (exact) mass is 286 g/mol. The van der Waals surface area contributed by atoms with E-state index in [4.69, 9.17) is 0 Å². The van der Waals surface area contributed by atoms with Crippen LogP contribution < -0.4 is 10.6 Å². The topological polar surface area (TPSA) is 41.1 Å². The summed E-state index contributed by atoms with van der Waals surface area (Å²) in [5.41, 5.74) is 4.22. The number of hydrogen-bond donors (Lipinski definition) is 2. The Balaban J connectivity index is 1.64. The minimum Gasteiger partial charge on any atom is -0.348 e. The van der Waals surface area contributed by atoms with E-state index >= 15 is 0 Å². The first-order chi connectivity index (χ1) is 10.2. The van der Waals surface area contributed by atoms with E-state index in [0.717, 1.165) is 19.4 Å². The number of aryl methyl sites for hydroxylation is 2. The lowest BCUT2D eigenvalue weighted by molar-refractivity contribution is -0.124. The van der Waals surface area contributed by atoms with Crippen molar-refractivity contribution >= 4 is 5.91 Å². The van der Waals surface area contributed by atoms with Gasteiger partial charge in [-0.1, -0.05) is 24.6 Å². The summed E-state index contributed by atoms with van der Waals surface area (Å²) in [6, 6.07) is 6.83. The summed E-state index contributed by atoms with van der Waals surface area (Å²) in [6.45, 7) is 3.05. The molecule has 1 unspecified atom stereocenters. The first-order valence-electron chi connectivity index (χ1n) is 8.39. The van der Waals surface area contributed by atoms with E-state index in [2.05, 4.69) is 35.8 Å². The van der Waals surface area contributed by atoms with Gasteiger partial charge in [-0.2, -0.15) is 0 Å². The lowest BCUT2D eigenvalue weighted by Crippen LogP contribution is -2.47. The molecule has 0 saturated carbocycles. The van der Waals surface area contributed by atoms with Gasteiger partial charge in [0.2, 0.25) is 5.91 Å². The number of carbonyl (C=O) groups is 1. The Morgan fingerprint density at radius 1 is 1.19 bits per heavy atom. The molecular formula is C18H26N2O. The minimum absolute atomic E-state index is 0.00109. The zero-order valence-corrected chi connectivity index (χ0v) is 13.0. The molecule has 1 fully saturated rings. The van der Waals surface area contributed by atoms with Crippen LogP contribution in [0.2, 0.25) is 0 Å². The van der Waals surface area contributed by atoms with Crippen LogP contribution in [0.4, 0.5) is 0 Å². The van der Waals surface area contributed by atoms with E-state index in [0.29, 0.717) is 0 Å². The fraction of sp³-hybridized carbons (Fsp3) is 0.611. The lowest BCUT2D eigenvalue weighted by atomic mass is 9.89. The number of benzene rings is 1. The summed E-state index contributed by atoms with van der Waals surface area (Å²) >= 11 is 0. The highest BCUT2D eigenvalue weighted by molar-refractivity contribution is 5.82. The zero-order chi connectivity index (χ0) is 14.7. The van der Waals surface area contributed by atoms with Crippen molar-refractivity contribution in [2.45, 2.75) is 64.0 Å². The molecule has 0 bridgehead atoms. The Bertz CT molecular complexity index is 506. The number of rotatable bonds is 3. The highest BCUT2D eigenvalue weighted by Crippen LogP contribution is 2.24. The van der Waals surface area contributed by atoms with Crippen LogP contribution in [-0.2, 0) is 17.6 Å². The molecule has 1 aliphatic carbocycles. The van der Waals surface area contributed by atoms with Crippen molar-refractivity contribution in [1.82, 2.24) is 10.6 Å². The maximum Gasteiger partial charge on any atom is 0.237 e. The highest BCUT2D eigenvalue weighted by Gasteiger charge is 2.22. The zero-order valence-electron chi connectivity index (χ0n) is 13.0. The van der Waals surface area contributed by atoms with Crippen molar-refractivity contribution in [1.29, 1.82) is 0 Å². The molecule has 2 N–H and O–H groups in total. The van der Waals surface area contributed by atoms with Gasteiger partial charge in [-0.15, -0.1) is 0 Å². The summed E-state index contributed by atoms with van der Waals surface area (Å²) in [6.07, 6.45) is 8.30. The van der Waals surface area contributed by atoms with E-state index in [9.17, 15) is 4.79 Å². The molecule has 3 rings (SSSR count). The van der Waals surface area contributed by atoms with Gasteiger partial charge in [-0.05, 0) is 68.7 Å². The third kappa shape index (κ3) is 3.46. The van der Waals surface area contributed by atoms with Gasteiger partial charge in [-0.3, -0.25) is 4.79 Å². The van der Waals surface area contributed by atoms with Gasteiger partial charge < -0.3 is 10.6 Å². The summed E-state index contributed by atoms with van der Waals surface area (Å²) < 4.78 is 0. The molecule has 114 valence electrons. The van der Waals surface area contributed by atoms with Gasteiger partial charge in [0.25, 0.3) is 0 Å². The van der Waals surface area contributed by atoms with Crippen molar-refractivity contribution in [2.24, 2.45) is 0 Å². The van der Waals surface area contributed by atoms with Crippen molar-refractivity contribution in [3.8, 4) is 0 Å². The van der Waals surface area contributed by atoms with Crippen LogP contribution in [0.15, 0.2) is 18.2 Å². The Morgan fingerprint density at radius 3 is 2.76 bits per heavy atom. The average Bonchev–Trinajstić information content (AvgIpc) is 2.55. The van der Waals surface area contributed by atoms with Gasteiger partial charge in [0.15, 0.2) is 0 Å². The quantitative estimate of drug-likeness (QED) is 0.897. The number of amides is 1. The van der Waals surface area contributed by atoms with E-state index in [1.165, 1.54) is 48.8 Å². The number of fused-ring (bicyclic) bond motifs is 1. The molecule has 21 heavy (non-hydrogen) atoms. The Kier molecular flexibility index (Phi) is 4.59. The molecule has 2 atom stereocenters. The van der Waals surface area contributed by atoms with Gasteiger partial charge in [0.05, 0.1) is 12.1 Å². The molecule has 0 spiro atoms. The van der Waals surface area contributed by atoms with Gasteiger partial charge >= 0.3 is 0 Å². The first kappa shape index (κ1) is 14.6. The van der Waals surface area contributed by atoms with Crippen LogP contribution in [0.5, 0.6) is 0 Å². The lowest BCUT2D eigenvalue weighted by Gasteiger charge is -2.25. The van der Waals surface area contributed by atoms with Crippen LogP contribution in [-0.4, -0.2) is 18.5 Å². The van der Waals surface area contributed by atoms with Crippen LogP contribution in [0, 0.1) is 0 Å². The second-order valence-corrected chi connectivity index (χ2v) is 6.47. The maximum absolute atomic E-state index is 12.3. The van der Waals surface area contributed by atoms with E-state index in [-0.39, 0.29) is 18.0 Å². The van der Waals surface area contributed by atoms with Crippen molar-refractivity contribution < 1.29 is 4.79 Å². The fourth-order valence-electron chi connectivity index (χ4n) is 3.50. The molecule has 0 radical (unpaired) electrons. The molecule has 0 aromatic heterocycles. The van der Waals surface area contributed by atoms with Crippen LogP contribution in [0.3, 0.4) is 0 Å². The summed E-state index contributed by atoms with van der Waals surface area (Å²) in [4.78, 5) is 12.3. The molecule has 1 amide bonds. The third-order valence-corrected chi connectivity index (χ3v) is 4.86. The summed E-state index contributed by atoms with van der Waals surface area (Å²) in [5, 5.41) is 6.48. The molecule has 1 aromatic rings. The largest absolute Gasteiger partial charge is 0.348 e. The average molecular weight is 286 g/mol. The summed E-state index contributed by atoms with van der Waals surface area (Å²) in [5.74, 6) is 0.153. The van der Waals surface area contributed by atoms with Crippen LogP contribution in [0.25, 0.3) is 0 Å². The van der Waals surface area contributed by atoms with Gasteiger partial charge in [-0.25, -0.2) is 0 Å². The molecule has 1 aliphatic heterocycles. The Morgan fingerprint density at radius 2 is 2.00 bits per heavy atom. The molecule has 3 heteroatoms. The van der Waals surface area contributed by atoms with Crippen LogP contribution in [0.1, 0.15) is 61.8 Å². The van der Waals surface area contributed by atoms with Crippen LogP contribution >= 0.6 is 0 Å². The Labute approximate surface area is 127 Å². The van der Waals surface area contributed by atoms with E-state index in [1.54, 1.807) is 0 Å². The fourth-order valence-corrected chi connectivity index (χ4v) is 3.50. The molecule has 3 nitrogen and oxygen atoms in total. The third-order valence-electron chi connectivity index (χ3n) is 4.86. The molecule has 1 aromatic carbocycles. The maximum atomic E-state index is 12.3. The number of nitrogens with one attached hydrogen (secondary N) is 2. The predicted octanol–water partition coefficient (Wildman–Crippen LogP) is 2.88. The van der Waals surface area contributed by atoms with Crippen molar-refractivity contribution in [2.75, 3.05) is 6.54 Å². The summed E-state index contributed by atoms with van der Waals surface area (Å²) in [7, 11) is 0. The highest BCUT2D eigenvalue weighted by atomic mass is 16.2. The van der Waals surface area contributed by atoms with Gasteiger partial charge in [0, 0.05) is 0 Å². The number of hydrogen-bond acceptors (Lipinski definition) is 2. The van der Waals surface area contributed by atoms with E-state index in [1.807, 2.05) is 0 Å². The normalized spacial score (nSPS) is 23.2. The molecule has 2 aliphatic rings. The second kappa shape index (κ2) is 6.61. The Hall–Kier alpha value is -1.35. The van der Waals surface area contributed by atoms with Crippen molar-refractivity contribution in [3.63, 3.8) is 0 Å². The standard InChI is InChI=1S/C18H26N2O/c1-13(20-18(21)17-8-4-5-11-19-17)15-10-9-14-6-2-3-7-16(14)12-15/h9-10,12-13,17,19H,2-8,11H2,1H3,(H,20,21)/t13?,17-/m1/s1. The van der Waals surface area contributed by atoms with Crippen molar-refractivity contribution in [3.05, 3.63) is 34.9 Å². The second-order valence-electron chi connectivity index (χ2n) is 6.47. The number of piperidine rings is 1. The molecular weight excluding hydrogens is 260 g/mol. The molecule has 1 heterocycles. The smallest absolute Gasteiger partial charge is 0.237 e. The minimum atomic E-state index is -0.00109. The first-order valence-corrected chi connectivity index (χ1v) is 8.39. The van der Waals surface area contributed by atoms with E-state index < -0.39 is 0 Å². The SMILES string of the molecule is CC(NC(=O)[C@H]1CCCCN1)c1ccc2c(c1)CCCC2.